The van der Waals surface area contributed by atoms with Gasteiger partial charge in [-0.2, -0.15) is 11.8 Å². The Morgan fingerprint density at radius 3 is 2.26 bits per heavy atom. The molecule has 4 rings (SSSR count). The lowest BCUT2D eigenvalue weighted by Crippen LogP contribution is -2.60. The number of thioether (sulfide) groups is 1. The average molecular weight is 727 g/mol. The molecule has 1 aromatic carbocycles. The second kappa shape index (κ2) is 18.4. The summed E-state index contributed by atoms with van der Waals surface area (Å²) in [6, 6.07) is 4.90. The first-order valence-electron chi connectivity index (χ1n) is 17.3. The number of nitrogens with zero attached hydrogens (tertiary/aromatic N) is 1. The van der Waals surface area contributed by atoms with Gasteiger partial charge >= 0.3 is 0 Å². The normalized spacial score (nSPS) is 24.6. The maximum atomic E-state index is 14.3. The van der Waals surface area contributed by atoms with Gasteiger partial charge in [0, 0.05) is 16.8 Å². The standard InChI is InChI=1S/C36H50N6O6S2/c1-21(2)31-35(47)40-28(15-16-49-5)34(46)38-23(4)32(44)39-25(17-24-11-7-6-8-12-24)18-42(19-30(43)37-22(3)33(45)41-31)36(48)27-20-50-29-14-10-9-13-26(27)29/h6-8,11-12,20-23,25,28,31H,9-10,13-19H2,1-5H3,(H,37,43)(H,38,46)(H,39,44)(H,40,47)(H,41,45)/t22-,23+,25-,28+,31+/m1/s1. The fourth-order valence-electron chi connectivity index (χ4n) is 6.20. The van der Waals surface area contributed by atoms with E-state index in [-0.39, 0.29) is 24.9 Å². The quantitative estimate of drug-likeness (QED) is 0.292. The number of fused-ring (bicyclic) bond motifs is 1. The summed E-state index contributed by atoms with van der Waals surface area (Å²) in [6.45, 7) is 6.24. The summed E-state index contributed by atoms with van der Waals surface area (Å²) >= 11 is 3.06. The van der Waals surface area contributed by atoms with Crippen molar-refractivity contribution in [2.24, 2.45) is 5.92 Å². The van der Waals surface area contributed by atoms with Crippen LogP contribution in [0.1, 0.15) is 73.3 Å². The lowest BCUT2D eigenvalue weighted by molar-refractivity contribution is -0.135. The van der Waals surface area contributed by atoms with Crippen LogP contribution >= 0.6 is 23.1 Å². The molecular weight excluding hydrogens is 677 g/mol. The molecule has 272 valence electrons. The van der Waals surface area contributed by atoms with Gasteiger partial charge in [-0.25, -0.2) is 0 Å². The Bertz CT molecular complexity index is 1530. The number of hydrogen-bond acceptors (Lipinski definition) is 8. The summed E-state index contributed by atoms with van der Waals surface area (Å²) in [5, 5.41) is 15.8. The van der Waals surface area contributed by atoms with Gasteiger partial charge in [-0.15, -0.1) is 11.3 Å². The van der Waals surface area contributed by atoms with Crippen LogP contribution in [-0.4, -0.2) is 95.7 Å². The van der Waals surface area contributed by atoms with Crippen molar-refractivity contribution in [1.82, 2.24) is 31.5 Å². The topological polar surface area (TPSA) is 166 Å². The monoisotopic (exact) mass is 726 g/mol. The summed E-state index contributed by atoms with van der Waals surface area (Å²) in [7, 11) is 0. The second-order valence-corrected chi connectivity index (χ2v) is 15.4. The summed E-state index contributed by atoms with van der Waals surface area (Å²) in [5.74, 6) is -2.78. The van der Waals surface area contributed by atoms with Crippen molar-refractivity contribution in [2.45, 2.75) is 96.4 Å². The van der Waals surface area contributed by atoms with Gasteiger partial charge in [-0.3, -0.25) is 28.8 Å². The molecule has 14 heteroatoms. The largest absolute Gasteiger partial charge is 0.349 e. The lowest BCUT2D eigenvalue weighted by atomic mass is 9.95. The molecule has 2 aliphatic rings. The van der Waals surface area contributed by atoms with Crippen LogP contribution in [0.4, 0.5) is 0 Å². The molecule has 0 radical (unpaired) electrons. The van der Waals surface area contributed by atoms with Gasteiger partial charge in [-0.1, -0.05) is 44.2 Å². The summed E-state index contributed by atoms with van der Waals surface area (Å²) < 4.78 is 0. The van der Waals surface area contributed by atoms with Crippen molar-refractivity contribution in [3.63, 3.8) is 0 Å². The molecule has 12 nitrogen and oxygen atoms in total. The van der Waals surface area contributed by atoms with Crippen LogP contribution < -0.4 is 26.6 Å². The maximum absolute atomic E-state index is 14.3. The van der Waals surface area contributed by atoms with E-state index < -0.39 is 59.7 Å². The van der Waals surface area contributed by atoms with Gasteiger partial charge < -0.3 is 31.5 Å². The highest BCUT2D eigenvalue weighted by Crippen LogP contribution is 2.31. The Kier molecular flexibility index (Phi) is 14.3. The Labute approximate surface area is 302 Å². The molecule has 5 atom stereocenters. The van der Waals surface area contributed by atoms with E-state index >= 15 is 0 Å². The third kappa shape index (κ3) is 10.5. The number of aryl methyl sites for hydroxylation is 1. The molecule has 2 aromatic rings. The van der Waals surface area contributed by atoms with Gasteiger partial charge in [-0.05, 0) is 81.4 Å². The van der Waals surface area contributed by atoms with E-state index in [1.54, 1.807) is 32.1 Å². The zero-order valence-corrected chi connectivity index (χ0v) is 31.1. The predicted octanol–water partition coefficient (Wildman–Crippen LogP) is 2.20. The average Bonchev–Trinajstić information content (AvgIpc) is 3.52. The van der Waals surface area contributed by atoms with E-state index in [1.807, 2.05) is 42.0 Å². The summed E-state index contributed by atoms with van der Waals surface area (Å²) in [5.41, 5.74) is 2.47. The van der Waals surface area contributed by atoms with Crippen molar-refractivity contribution in [1.29, 1.82) is 0 Å². The van der Waals surface area contributed by atoms with Crippen LogP contribution in [0.25, 0.3) is 0 Å². The Morgan fingerprint density at radius 1 is 0.880 bits per heavy atom. The molecule has 2 heterocycles. The number of nitrogens with one attached hydrogen (secondary N) is 5. The summed E-state index contributed by atoms with van der Waals surface area (Å²) in [4.78, 5) is 84.4. The van der Waals surface area contributed by atoms with E-state index in [4.69, 9.17) is 0 Å². The number of carbonyl (C=O) groups is 6. The highest BCUT2D eigenvalue weighted by molar-refractivity contribution is 7.98. The highest BCUT2D eigenvalue weighted by atomic mass is 32.2. The predicted molar refractivity (Wildman–Crippen MR) is 196 cm³/mol. The smallest absolute Gasteiger partial charge is 0.255 e. The summed E-state index contributed by atoms with van der Waals surface area (Å²) in [6.07, 6.45) is 6.26. The first kappa shape index (κ1) is 38.9. The molecule has 0 unspecified atom stereocenters. The van der Waals surface area contributed by atoms with Crippen LogP contribution in [0.5, 0.6) is 0 Å². The van der Waals surface area contributed by atoms with Crippen LogP contribution in [0.15, 0.2) is 35.7 Å². The molecule has 5 N–H and O–H groups in total. The number of thiophene rings is 1. The van der Waals surface area contributed by atoms with E-state index in [9.17, 15) is 28.8 Å². The third-order valence-corrected chi connectivity index (χ3v) is 10.8. The van der Waals surface area contributed by atoms with E-state index in [0.717, 1.165) is 36.8 Å². The molecule has 1 aliphatic carbocycles. The Morgan fingerprint density at radius 2 is 1.56 bits per heavy atom. The number of benzene rings is 1. The third-order valence-electron chi connectivity index (χ3n) is 9.04. The SMILES string of the molecule is CSCC[C@@H]1NC(=O)[C@H](C(C)C)NC(=O)[C@@H](C)NC(=O)CN(C(=O)c2csc3c2CCCC3)C[C@@H](Cc2ccccc2)NC(=O)[C@H](C)NC1=O. The van der Waals surface area contributed by atoms with Gasteiger partial charge in [0.1, 0.15) is 24.2 Å². The number of amides is 6. The van der Waals surface area contributed by atoms with Crippen LogP contribution in [0, 0.1) is 5.92 Å². The van der Waals surface area contributed by atoms with Crippen molar-refractivity contribution in [3.8, 4) is 0 Å². The van der Waals surface area contributed by atoms with Crippen molar-refractivity contribution >= 4 is 58.5 Å². The van der Waals surface area contributed by atoms with Crippen molar-refractivity contribution in [2.75, 3.05) is 25.1 Å². The molecule has 0 bridgehead atoms. The fourth-order valence-corrected chi connectivity index (χ4v) is 7.79. The first-order chi connectivity index (χ1) is 23.9. The van der Waals surface area contributed by atoms with Crippen LogP contribution in [0.2, 0.25) is 0 Å². The van der Waals surface area contributed by atoms with Gasteiger partial charge in [0.2, 0.25) is 29.5 Å². The van der Waals surface area contributed by atoms with E-state index in [2.05, 4.69) is 26.6 Å². The lowest BCUT2D eigenvalue weighted by Gasteiger charge is -2.31. The zero-order chi connectivity index (χ0) is 36.4. The molecule has 50 heavy (non-hydrogen) atoms. The maximum Gasteiger partial charge on any atom is 0.255 e. The number of carbonyl (C=O) groups excluding carboxylic acids is 6. The molecule has 0 spiro atoms. The van der Waals surface area contributed by atoms with Gasteiger partial charge in [0.15, 0.2) is 0 Å². The minimum atomic E-state index is -1.03. The van der Waals surface area contributed by atoms with E-state index in [0.29, 0.717) is 24.2 Å². The molecular formula is C36H50N6O6S2. The molecule has 1 aliphatic heterocycles. The molecule has 1 fully saturated rings. The van der Waals surface area contributed by atoms with Crippen molar-refractivity contribution in [3.05, 3.63) is 57.3 Å². The minimum absolute atomic E-state index is 0.000576. The minimum Gasteiger partial charge on any atom is -0.349 e. The Hall–Kier alpha value is -3.91. The molecule has 1 saturated heterocycles. The zero-order valence-electron chi connectivity index (χ0n) is 29.5. The van der Waals surface area contributed by atoms with Gasteiger partial charge in [0.25, 0.3) is 5.91 Å². The molecule has 1 aromatic heterocycles. The number of rotatable bonds is 7. The van der Waals surface area contributed by atoms with Gasteiger partial charge in [0.05, 0.1) is 18.2 Å². The Balaban J connectivity index is 1.70. The highest BCUT2D eigenvalue weighted by Gasteiger charge is 2.33. The molecule has 6 amide bonds. The van der Waals surface area contributed by atoms with Crippen LogP contribution in [-0.2, 0) is 43.2 Å². The second-order valence-electron chi connectivity index (χ2n) is 13.4. The first-order valence-corrected chi connectivity index (χ1v) is 19.6. The van der Waals surface area contributed by atoms with Crippen LogP contribution in [0.3, 0.4) is 0 Å². The molecule has 0 saturated carbocycles. The van der Waals surface area contributed by atoms with E-state index in [1.165, 1.54) is 28.5 Å². The van der Waals surface area contributed by atoms with Crippen molar-refractivity contribution < 1.29 is 28.8 Å². The number of hydrogen-bond donors (Lipinski definition) is 5. The fraction of sp³-hybridized carbons (Fsp3) is 0.556.